The molecule has 1 aromatic carbocycles. The lowest BCUT2D eigenvalue weighted by atomic mass is 9.90. The zero-order chi connectivity index (χ0) is 16.9. The van der Waals surface area contributed by atoms with Crippen LogP contribution in [-0.4, -0.2) is 36.2 Å². The van der Waals surface area contributed by atoms with Gasteiger partial charge in [0.15, 0.2) is 0 Å². The maximum absolute atomic E-state index is 12.3. The number of piperidine rings is 1. The normalized spacial score (nSPS) is 25.2. The van der Waals surface area contributed by atoms with Crippen LogP contribution in [0.5, 0.6) is 0 Å². The monoisotopic (exact) mass is 370 g/mol. The second kappa shape index (κ2) is 8.41. The molecule has 1 heterocycles. The minimum atomic E-state index is -0.473. The van der Waals surface area contributed by atoms with Gasteiger partial charge in [0.25, 0.3) is 0 Å². The molecule has 24 heavy (non-hydrogen) atoms. The van der Waals surface area contributed by atoms with Gasteiger partial charge in [-0.05, 0) is 57.3 Å². The van der Waals surface area contributed by atoms with E-state index >= 15 is 0 Å². The van der Waals surface area contributed by atoms with E-state index in [0.29, 0.717) is 21.8 Å². The van der Waals surface area contributed by atoms with E-state index in [1.54, 1.807) is 18.2 Å². The second-order valence-corrected chi connectivity index (χ2v) is 7.43. The van der Waals surface area contributed by atoms with Gasteiger partial charge >= 0.3 is 6.09 Å². The number of carbonyl (C=O) groups excluding carboxylic acids is 1. The van der Waals surface area contributed by atoms with Crippen LogP contribution in [0.15, 0.2) is 18.2 Å². The van der Waals surface area contributed by atoms with Crippen molar-refractivity contribution in [3.8, 4) is 0 Å². The lowest BCUT2D eigenvalue weighted by Crippen LogP contribution is -2.49. The Morgan fingerprint density at radius 3 is 2.42 bits per heavy atom. The number of nitrogens with zero attached hydrogens (tertiary/aromatic N) is 1. The Hall–Kier alpha value is -0.970. The van der Waals surface area contributed by atoms with Gasteiger partial charge in [-0.2, -0.15) is 0 Å². The maximum atomic E-state index is 12.3. The van der Waals surface area contributed by atoms with Crippen LogP contribution in [-0.2, 0) is 4.74 Å². The fraction of sp³-hybridized carbons (Fsp3) is 0.611. The number of ether oxygens (including phenoxy) is 1. The van der Waals surface area contributed by atoms with Crippen LogP contribution in [0.1, 0.15) is 44.9 Å². The zero-order valence-electron chi connectivity index (χ0n) is 13.8. The number of likely N-dealkylation sites (tertiary alicyclic amines) is 1. The summed E-state index contributed by atoms with van der Waals surface area (Å²) in [4.78, 5) is 14.8. The molecule has 1 saturated carbocycles. The summed E-state index contributed by atoms with van der Waals surface area (Å²) in [6.45, 7) is 2.23. The Labute approximate surface area is 153 Å². The molecule has 2 atom stereocenters. The van der Waals surface area contributed by atoms with E-state index in [9.17, 15) is 4.79 Å². The molecule has 0 aromatic heterocycles. The fourth-order valence-electron chi connectivity index (χ4n) is 3.77. The van der Waals surface area contributed by atoms with Crippen LogP contribution in [0.4, 0.5) is 10.5 Å². The summed E-state index contributed by atoms with van der Waals surface area (Å²) in [5.41, 5.74) is 0.413. The van der Waals surface area contributed by atoms with Gasteiger partial charge in [0.2, 0.25) is 0 Å². The van der Waals surface area contributed by atoms with E-state index in [0.717, 1.165) is 32.4 Å². The summed E-state index contributed by atoms with van der Waals surface area (Å²) < 4.78 is 5.76. The van der Waals surface area contributed by atoms with Gasteiger partial charge in [-0.25, -0.2) is 4.79 Å². The molecule has 1 saturated heterocycles. The average Bonchev–Trinajstić information content (AvgIpc) is 2.60. The number of carbonyl (C=O) groups is 1. The largest absolute Gasteiger partial charge is 0.444 e. The van der Waals surface area contributed by atoms with Gasteiger partial charge in [0.05, 0.1) is 15.7 Å². The van der Waals surface area contributed by atoms with Crippen molar-refractivity contribution >= 4 is 35.0 Å². The number of rotatable bonds is 3. The molecule has 1 amide bonds. The van der Waals surface area contributed by atoms with Gasteiger partial charge in [0.1, 0.15) is 6.10 Å². The molecule has 0 radical (unpaired) electrons. The van der Waals surface area contributed by atoms with Crippen molar-refractivity contribution in [3.05, 3.63) is 28.2 Å². The lowest BCUT2D eigenvalue weighted by molar-refractivity contribution is 0.00174. The predicted molar refractivity (Wildman–Crippen MR) is 98.0 cm³/mol. The molecule has 1 aliphatic carbocycles. The van der Waals surface area contributed by atoms with Crippen molar-refractivity contribution in [2.75, 3.05) is 18.4 Å². The van der Waals surface area contributed by atoms with Crippen molar-refractivity contribution in [3.63, 3.8) is 0 Å². The second-order valence-electron chi connectivity index (χ2n) is 6.61. The van der Waals surface area contributed by atoms with Crippen LogP contribution in [0.2, 0.25) is 10.0 Å². The first kappa shape index (κ1) is 17.8. The smallest absolute Gasteiger partial charge is 0.412 e. The number of anilines is 1. The molecule has 0 bridgehead atoms. The number of nitrogens with one attached hydrogen (secondary N) is 1. The highest BCUT2D eigenvalue weighted by atomic mass is 35.5. The highest BCUT2D eigenvalue weighted by Crippen LogP contribution is 2.31. The standard InChI is InChI=1S/C18H24Cl2N2O2/c19-13-7-6-8-14(20)17(13)21-18(23)24-16-10-3-2-9-15(16)22-11-4-1-5-12-22/h6-8,15-16H,1-5,9-12H2,(H,21,23). The van der Waals surface area contributed by atoms with E-state index in [1.807, 2.05) is 0 Å². The molecular formula is C18H24Cl2N2O2. The lowest BCUT2D eigenvalue weighted by Gasteiger charge is -2.41. The molecule has 132 valence electrons. The molecule has 2 unspecified atom stereocenters. The number of para-hydroxylation sites is 1. The Kier molecular flexibility index (Phi) is 6.25. The molecule has 2 aliphatic rings. The van der Waals surface area contributed by atoms with Crippen molar-refractivity contribution in [2.24, 2.45) is 0 Å². The summed E-state index contributed by atoms with van der Waals surface area (Å²) in [7, 11) is 0. The van der Waals surface area contributed by atoms with E-state index in [-0.39, 0.29) is 6.10 Å². The quantitative estimate of drug-likeness (QED) is 0.780. The highest BCUT2D eigenvalue weighted by Gasteiger charge is 2.33. The number of hydrogen-bond acceptors (Lipinski definition) is 3. The number of benzene rings is 1. The van der Waals surface area contributed by atoms with Crippen LogP contribution in [0.3, 0.4) is 0 Å². The zero-order valence-corrected chi connectivity index (χ0v) is 15.3. The van der Waals surface area contributed by atoms with Gasteiger partial charge in [-0.1, -0.05) is 42.1 Å². The third-order valence-electron chi connectivity index (χ3n) is 4.98. The number of amides is 1. The van der Waals surface area contributed by atoms with Crippen LogP contribution >= 0.6 is 23.2 Å². The van der Waals surface area contributed by atoms with E-state index in [4.69, 9.17) is 27.9 Å². The molecule has 4 nitrogen and oxygen atoms in total. The molecule has 6 heteroatoms. The molecule has 3 rings (SSSR count). The molecule has 2 fully saturated rings. The van der Waals surface area contributed by atoms with Gasteiger partial charge in [-0.15, -0.1) is 0 Å². The molecule has 0 spiro atoms. The molecule has 1 aromatic rings. The minimum Gasteiger partial charge on any atom is -0.444 e. The topological polar surface area (TPSA) is 41.6 Å². The Balaban J connectivity index is 1.63. The first-order chi connectivity index (χ1) is 11.6. The Morgan fingerprint density at radius 1 is 1.04 bits per heavy atom. The molecule has 1 N–H and O–H groups in total. The highest BCUT2D eigenvalue weighted by molar-refractivity contribution is 6.39. The van der Waals surface area contributed by atoms with E-state index in [1.165, 1.54) is 25.7 Å². The van der Waals surface area contributed by atoms with Crippen LogP contribution in [0, 0.1) is 0 Å². The summed E-state index contributed by atoms with van der Waals surface area (Å²) in [6.07, 6.45) is 7.59. The molecular weight excluding hydrogens is 347 g/mol. The third-order valence-corrected chi connectivity index (χ3v) is 5.61. The SMILES string of the molecule is O=C(Nc1c(Cl)cccc1Cl)OC1CCCCC1N1CCCCC1. The van der Waals surface area contributed by atoms with Crippen molar-refractivity contribution < 1.29 is 9.53 Å². The summed E-state index contributed by atoms with van der Waals surface area (Å²) >= 11 is 12.2. The fourth-order valence-corrected chi connectivity index (χ4v) is 4.26. The number of halogens is 2. The maximum Gasteiger partial charge on any atom is 0.412 e. The van der Waals surface area contributed by atoms with Crippen molar-refractivity contribution in [1.29, 1.82) is 0 Å². The third kappa shape index (κ3) is 4.35. The van der Waals surface area contributed by atoms with Crippen LogP contribution in [0.25, 0.3) is 0 Å². The van der Waals surface area contributed by atoms with Gasteiger partial charge in [0, 0.05) is 6.04 Å². The Morgan fingerprint density at radius 2 is 1.71 bits per heavy atom. The predicted octanol–water partition coefficient (Wildman–Crippen LogP) is 5.34. The van der Waals surface area contributed by atoms with Gasteiger partial charge in [-0.3, -0.25) is 10.2 Å². The number of hydrogen-bond donors (Lipinski definition) is 1. The first-order valence-corrected chi connectivity index (χ1v) is 9.56. The van der Waals surface area contributed by atoms with E-state index in [2.05, 4.69) is 10.2 Å². The van der Waals surface area contributed by atoms with Gasteiger partial charge < -0.3 is 4.74 Å². The van der Waals surface area contributed by atoms with Crippen LogP contribution < -0.4 is 5.32 Å². The summed E-state index contributed by atoms with van der Waals surface area (Å²) in [5, 5.41) is 3.53. The Bertz CT molecular complexity index is 556. The van der Waals surface area contributed by atoms with Crippen molar-refractivity contribution in [1.82, 2.24) is 4.90 Å². The molecule has 1 aliphatic heterocycles. The minimum absolute atomic E-state index is 0.0573. The van der Waals surface area contributed by atoms with E-state index < -0.39 is 6.09 Å². The average molecular weight is 371 g/mol. The first-order valence-electron chi connectivity index (χ1n) is 8.81. The summed E-state index contributed by atoms with van der Waals surface area (Å²) in [5.74, 6) is 0. The summed E-state index contributed by atoms with van der Waals surface area (Å²) in [6, 6.07) is 5.47. The van der Waals surface area contributed by atoms with Crippen molar-refractivity contribution in [2.45, 2.75) is 57.1 Å².